The van der Waals surface area contributed by atoms with Gasteiger partial charge < -0.3 is 15.1 Å². The van der Waals surface area contributed by atoms with Crippen molar-refractivity contribution in [3.05, 3.63) is 107 Å². The molecule has 7 heteroatoms. The van der Waals surface area contributed by atoms with Gasteiger partial charge in [0.05, 0.1) is 17.5 Å². The number of aliphatic hydroxyl groups is 2. The predicted octanol–water partition coefficient (Wildman–Crippen LogP) is 7.34. The molecule has 3 aromatic carbocycles. The molecule has 0 aliphatic carbocycles. The summed E-state index contributed by atoms with van der Waals surface area (Å²) in [7, 11) is 0. The first-order valence-corrected chi connectivity index (χ1v) is 16.9. The minimum Gasteiger partial charge on any atom is -0.392 e. The fraction of sp³-hybridized carbons (Fsp3) is 0.500. The Kier molecular flexibility index (Phi) is 15.7. The van der Waals surface area contributed by atoms with Crippen LogP contribution in [0.25, 0.3) is 0 Å². The van der Waals surface area contributed by atoms with Gasteiger partial charge in [-0.15, -0.1) is 11.8 Å². The van der Waals surface area contributed by atoms with Gasteiger partial charge in [-0.3, -0.25) is 4.90 Å². The largest absolute Gasteiger partial charge is 0.392 e. The first-order chi connectivity index (χ1) is 20.8. The quantitative estimate of drug-likeness (QED) is 0.199. The maximum atomic E-state index is 13.6. The minimum absolute atomic E-state index is 0.0101. The SMILES string of the molecule is CCC.CCC(O)CN(CC(O)Cc1ccccc1)C1CCN(CCSC(c2ccc(F)cc2)c2ccc(F)cc2)CC1. The summed E-state index contributed by atoms with van der Waals surface area (Å²) in [6.45, 7) is 10.3. The predicted molar refractivity (Wildman–Crippen MR) is 177 cm³/mol. The van der Waals surface area contributed by atoms with Crippen LogP contribution in [0.3, 0.4) is 0 Å². The van der Waals surface area contributed by atoms with Crippen molar-refractivity contribution in [3.8, 4) is 0 Å². The van der Waals surface area contributed by atoms with E-state index in [1.165, 1.54) is 30.7 Å². The van der Waals surface area contributed by atoms with Crippen LogP contribution in [-0.2, 0) is 6.42 Å². The van der Waals surface area contributed by atoms with Crippen LogP contribution < -0.4 is 0 Å². The highest BCUT2D eigenvalue weighted by molar-refractivity contribution is 7.99. The molecule has 4 rings (SSSR count). The molecule has 1 saturated heterocycles. The van der Waals surface area contributed by atoms with Crippen LogP contribution in [0.15, 0.2) is 78.9 Å². The van der Waals surface area contributed by atoms with Crippen LogP contribution in [0.4, 0.5) is 8.78 Å². The Balaban J connectivity index is 0.00000162. The highest BCUT2D eigenvalue weighted by Crippen LogP contribution is 2.36. The van der Waals surface area contributed by atoms with E-state index >= 15 is 0 Å². The average molecular weight is 613 g/mol. The fourth-order valence-electron chi connectivity index (χ4n) is 5.46. The van der Waals surface area contributed by atoms with E-state index in [0.29, 0.717) is 32.0 Å². The summed E-state index contributed by atoms with van der Waals surface area (Å²) >= 11 is 1.80. The summed E-state index contributed by atoms with van der Waals surface area (Å²) in [6.07, 6.45) is 3.68. The molecule has 1 aliphatic heterocycles. The van der Waals surface area contributed by atoms with Crippen molar-refractivity contribution in [3.63, 3.8) is 0 Å². The molecule has 0 aromatic heterocycles. The van der Waals surface area contributed by atoms with Gasteiger partial charge >= 0.3 is 0 Å². The molecular formula is C36H50F2N2O2S. The van der Waals surface area contributed by atoms with Crippen molar-refractivity contribution in [1.82, 2.24) is 9.80 Å². The molecule has 2 atom stereocenters. The zero-order valence-electron chi connectivity index (χ0n) is 26.0. The maximum absolute atomic E-state index is 13.6. The maximum Gasteiger partial charge on any atom is 0.123 e. The van der Waals surface area contributed by atoms with Crippen molar-refractivity contribution < 1.29 is 19.0 Å². The molecule has 43 heavy (non-hydrogen) atoms. The van der Waals surface area contributed by atoms with Crippen molar-refractivity contribution in [2.45, 2.75) is 76.4 Å². The van der Waals surface area contributed by atoms with Gasteiger partial charge in [0.15, 0.2) is 0 Å². The molecule has 236 valence electrons. The second-order valence-electron chi connectivity index (χ2n) is 11.5. The van der Waals surface area contributed by atoms with Crippen molar-refractivity contribution in [2.24, 2.45) is 0 Å². The number of aliphatic hydroxyl groups excluding tert-OH is 2. The molecule has 2 unspecified atom stereocenters. The van der Waals surface area contributed by atoms with Crippen molar-refractivity contribution in [1.29, 1.82) is 0 Å². The van der Waals surface area contributed by atoms with Gasteiger partial charge in [0.25, 0.3) is 0 Å². The Labute approximate surface area is 262 Å². The van der Waals surface area contributed by atoms with Gasteiger partial charge in [0, 0.05) is 31.4 Å². The molecule has 0 bridgehead atoms. The molecule has 0 spiro atoms. The van der Waals surface area contributed by atoms with E-state index in [4.69, 9.17) is 0 Å². The highest BCUT2D eigenvalue weighted by atomic mass is 32.2. The molecule has 1 aliphatic rings. The molecule has 4 nitrogen and oxygen atoms in total. The highest BCUT2D eigenvalue weighted by Gasteiger charge is 2.27. The number of rotatable bonds is 14. The Hall–Kier alpha value is -2.29. The van der Waals surface area contributed by atoms with E-state index in [1.807, 2.05) is 61.5 Å². The summed E-state index contributed by atoms with van der Waals surface area (Å²) in [5, 5.41) is 21.3. The van der Waals surface area contributed by atoms with Crippen LogP contribution in [0.5, 0.6) is 0 Å². The molecule has 0 amide bonds. The molecule has 1 fully saturated rings. The zero-order valence-corrected chi connectivity index (χ0v) is 26.9. The van der Waals surface area contributed by atoms with Gasteiger partial charge in [-0.1, -0.05) is 81.8 Å². The van der Waals surface area contributed by atoms with E-state index < -0.39 is 12.2 Å². The lowest BCUT2D eigenvalue weighted by Gasteiger charge is -2.40. The van der Waals surface area contributed by atoms with E-state index in [1.54, 1.807) is 11.8 Å². The van der Waals surface area contributed by atoms with Crippen LogP contribution in [0.1, 0.15) is 68.4 Å². The number of thioether (sulfide) groups is 1. The number of hydrogen-bond donors (Lipinski definition) is 2. The monoisotopic (exact) mass is 612 g/mol. The van der Waals surface area contributed by atoms with Crippen LogP contribution >= 0.6 is 11.8 Å². The standard InChI is InChI=1S/C33H42F2N2O2S.C3H8/c1-2-31(38)23-37(24-32(39)22-25-6-4-3-5-7-25)30-16-18-36(19-17-30)20-21-40-33(26-8-12-28(34)13-9-26)27-10-14-29(35)15-11-27;1-3-2/h3-15,30-33,38-39H,2,16-24H2,1H3;3H2,1-2H3. The first-order valence-electron chi connectivity index (χ1n) is 15.8. The normalized spacial score (nSPS) is 15.7. The zero-order chi connectivity index (χ0) is 31.0. The third kappa shape index (κ3) is 12.3. The third-order valence-corrected chi connectivity index (χ3v) is 9.08. The third-order valence-electron chi connectivity index (χ3n) is 7.79. The summed E-state index contributed by atoms with van der Waals surface area (Å²) in [5.74, 6) is 0.378. The Morgan fingerprint density at radius 2 is 1.30 bits per heavy atom. The lowest BCUT2D eigenvalue weighted by molar-refractivity contribution is 0.0238. The lowest BCUT2D eigenvalue weighted by Crippen LogP contribution is -2.50. The fourth-order valence-corrected chi connectivity index (χ4v) is 6.76. The van der Waals surface area contributed by atoms with E-state index in [2.05, 4.69) is 23.6 Å². The van der Waals surface area contributed by atoms with Gasteiger partial charge in [-0.25, -0.2) is 8.78 Å². The van der Waals surface area contributed by atoms with E-state index in [-0.39, 0.29) is 16.9 Å². The number of halogens is 2. The van der Waals surface area contributed by atoms with Crippen LogP contribution in [-0.4, -0.2) is 76.7 Å². The number of hydrogen-bond acceptors (Lipinski definition) is 5. The average Bonchev–Trinajstić information content (AvgIpc) is 3.01. The minimum atomic E-state index is -0.476. The number of likely N-dealkylation sites (tertiary alicyclic amines) is 1. The van der Waals surface area contributed by atoms with E-state index in [9.17, 15) is 19.0 Å². The van der Waals surface area contributed by atoms with Gasteiger partial charge in [0.1, 0.15) is 11.6 Å². The second kappa shape index (κ2) is 19.2. The second-order valence-corrected chi connectivity index (χ2v) is 12.7. The molecule has 0 saturated carbocycles. The van der Waals surface area contributed by atoms with Gasteiger partial charge in [-0.05, 0) is 79.7 Å². The number of piperidine rings is 1. The molecular weight excluding hydrogens is 562 g/mol. The summed E-state index contributed by atoms with van der Waals surface area (Å²) in [4.78, 5) is 4.78. The van der Waals surface area contributed by atoms with Crippen molar-refractivity contribution >= 4 is 11.8 Å². The molecule has 1 heterocycles. The smallest absolute Gasteiger partial charge is 0.123 e. The summed E-state index contributed by atoms with van der Waals surface area (Å²) < 4.78 is 27.1. The topological polar surface area (TPSA) is 46.9 Å². The number of benzene rings is 3. The van der Waals surface area contributed by atoms with Crippen molar-refractivity contribution in [2.75, 3.05) is 38.5 Å². The Morgan fingerprint density at radius 3 is 1.81 bits per heavy atom. The van der Waals surface area contributed by atoms with Gasteiger partial charge in [0.2, 0.25) is 0 Å². The first kappa shape index (κ1) is 35.2. The molecule has 3 aromatic rings. The Morgan fingerprint density at radius 1 is 0.791 bits per heavy atom. The van der Waals surface area contributed by atoms with Crippen LogP contribution in [0.2, 0.25) is 0 Å². The number of nitrogens with zero attached hydrogens (tertiary/aromatic N) is 2. The Bertz CT molecular complexity index is 1100. The van der Waals surface area contributed by atoms with E-state index in [0.717, 1.165) is 54.9 Å². The lowest BCUT2D eigenvalue weighted by atomic mass is 10.0. The molecule has 0 radical (unpaired) electrons. The summed E-state index contributed by atoms with van der Waals surface area (Å²) in [5.41, 5.74) is 3.14. The molecule has 2 N–H and O–H groups in total. The summed E-state index contributed by atoms with van der Waals surface area (Å²) in [6, 6.07) is 23.6. The van der Waals surface area contributed by atoms with Crippen LogP contribution in [0, 0.1) is 11.6 Å². The van der Waals surface area contributed by atoms with Gasteiger partial charge in [-0.2, -0.15) is 0 Å².